The summed E-state index contributed by atoms with van der Waals surface area (Å²) in [6, 6.07) is 3.64. The van der Waals surface area contributed by atoms with Gasteiger partial charge in [0, 0.05) is 17.8 Å². The van der Waals surface area contributed by atoms with Gasteiger partial charge in [-0.2, -0.15) is 0 Å². The van der Waals surface area contributed by atoms with Crippen LogP contribution in [0.5, 0.6) is 0 Å². The molecule has 1 aromatic rings. The van der Waals surface area contributed by atoms with Crippen molar-refractivity contribution in [3.63, 3.8) is 0 Å². The smallest absolute Gasteiger partial charge is 0.288 e. The number of aryl methyl sites for hydroxylation is 1. The average molecular weight is 269 g/mol. The van der Waals surface area contributed by atoms with Crippen LogP contribution in [0.2, 0.25) is 5.02 Å². The number of nitrogens with zero attached hydrogens (tertiary/aromatic N) is 1. The summed E-state index contributed by atoms with van der Waals surface area (Å²) in [5.74, 6) is 0.739. The van der Waals surface area contributed by atoms with E-state index in [2.05, 4.69) is 12.2 Å². The van der Waals surface area contributed by atoms with Crippen LogP contribution in [-0.4, -0.2) is 11.0 Å². The first-order chi connectivity index (χ1) is 8.52. The molecule has 1 atom stereocenters. The fourth-order valence-electron chi connectivity index (χ4n) is 2.21. The molecular formula is C13H17ClN2O2. The van der Waals surface area contributed by atoms with Crippen molar-refractivity contribution in [2.75, 3.05) is 5.32 Å². The van der Waals surface area contributed by atoms with Crippen LogP contribution in [0.15, 0.2) is 12.1 Å². The Morgan fingerprint density at radius 2 is 2.22 bits per heavy atom. The van der Waals surface area contributed by atoms with E-state index in [-0.39, 0.29) is 10.7 Å². The highest BCUT2D eigenvalue weighted by Crippen LogP contribution is 2.37. The Kier molecular flexibility index (Phi) is 3.76. The van der Waals surface area contributed by atoms with Gasteiger partial charge in [0.15, 0.2) is 0 Å². The fourth-order valence-corrected chi connectivity index (χ4v) is 2.45. The Hall–Kier alpha value is -1.29. The SMILES string of the molecule is CCC(Nc1cc(Cl)c([N+](=O)[O-])cc1C)C1CC1. The second-order valence-electron chi connectivity index (χ2n) is 4.87. The van der Waals surface area contributed by atoms with Gasteiger partial charge < -0.3 is 5.32 Å². The number of hydrogen-bond acceptors (Lipinski definition) is 3. The summed E-state index contributed by atoms with van der Waals surface area (Å²) in [6.07, 6.45) is 3.59. The molecule has 4 nitrogen and oxygen atoms in total. The molecule has 0 saturated heterocycles. The largest absolute Gasteiger partial charge is 0.382 e. The lowest BCUT2D eigenvalue weighted by atomic mass is 10.1. The predicted molar refractivity (Wildman–Crippen MR) is 73.3 cm³/mol. The van der Waals surface area contributed by atoms with Gasteiger partial charge in [0.05, 0.1) is 4.92 Å². The standard InChI is InChI=1S/C13H17ClN2O2/c1-3-11(9-4-5-9)15-12-7-10(14)13(16(17)18)6-8(12)2/h6-7,9,11,15H,3-5H2,1-2H3. The van der Waals surface area contributed by atoms with Crippen molar-refractivity contribution in [3.05, 3.63) is 32.8 Å². The van der Waals surface area contributed by atoms with E-state index in [0.29, 0.717) is 6.04 Å². The van der Waals surface area contributed by atoms with Gasteiger partial charge in [-0.3, -0.25) is 10.1 Å². The van der Waals surface area contributed by atoms with Crippen molar-refractivity contribution < 1.29 is 4.92 Å². The Morgan fingerprint density at radius 1 is 1.56 bits per heavy atom. The van der Waals surface area contributed by atoms with E-state index >= 15 is 0 Å². The summed E-state index contributed by atoms with van der Waals surface area (Å²) in [4.78, 5) is 10.3. The maximum atomic E-state index is 10.8. The number of halogens is 1. The number of nitro benzene ring substituents is 1. The number of nitrogens with one attached hydrogen (secondary N) is 1. The molecule has 0 bridgehead atoms. The molecular weight excluding hydrogens is 252 g/mol. The van der Waals surface area contributed by atoms with Gasteiger partial charge in [0.25, 0.3) is 5.69 Å². The highest BCUT2D eigenvalue weighted by molar-refractivity contribution is 6.33. The third-order valence-electron chi connectivity index (χ3n) is 3.46. The van der Waals surface area contributed by atoms with E-state index in [4.69, 9.17) is 11.6 Å². The molecule has 2 rings (SSSR count). The highest BCUT2D eigenvalue weighted by atomic mass is 35.5. The van der Waals surface area contributed by atoms with Crippen LogP contribution in [0.25, 0.3) is 0 Å². The first kappa shape index (κ1) is 13.1. The highest BCUT2D eigenvalue weighted by Gasteiger charge is 2.30. The molecule has 0 amide bonds. The summed E-state index contributed by atoms with van der Waals surface area (Å²) >= 11 is 5.94. The minimum Gasteiger partial charge on any atom is -0.382 e. The van der Waals surface area contributed by atoms with Gasteiger partial charge in [-0.25, -0.2) is 0 Å². The van der Waals surface area contributed by atoms with E-state index in [1.807, 2.05) is 6.92 Å². The van der Waals surface area contributed by atoms with Crippen LogP contribution in [0, 0.1) is 23.0 Å². The fraction of sp³-hybridized carbons (Fsp3) is 0.538. The van der Waals surface area contributed by atoms with Crippen molar-refractivity contribution in [2.24, 2.45) is 5.92 Å². The molecule has 0 radical (unpaired) electrons. The number of anilines is 1. The Bertz CT molecular complexity index is 472. The van der Waals surface area contributed by atoms with Crippen LogP contribution >= 0.6 is 11.6 Å². The normalized spacial score (nSPS) is 16.4. The molecule has 0 heterocycles. The van der Waals surface area contributed by atoms with Crippen LogP contribution in [0.3, 0.4) is 0 Å². The summed E-state index contributed by atoms with van der Waals surface area (Å²) in [5.41, 5.74) is 1.74. The molecule has 5 heteroatoms. The van der Waals surface area contributed by atoms with E-state index < -0.39 is 4.92 Å². The minimum atomic E-state index is -0.447. The van der Waals surface area contributed by atoms with E-state index in [1.54, 1.807) is 6.07 Å². The Labute approximate surface area is 111 Å². The maximum Gasteiger partial charge on any atom is 0.288 e. The zero-order valence-electron chi connectivity index (χ0n) is 10.6. The van der Waals surface area contributed by atoms with E-state index in [1.165, 1.54) is 18.9 Å². The predicted octanol–water partition coefficient (Wildman–Crippen LogP) is 4.16. The van der Waals surface area contributed by atoms with Crippen molar-refractivity contribution in [3.8, 4) is 0 Å². The van der Waals surface area contributed by atoms with Crippen molar-refractivity contribution in [2.45, 2.75) is 39.2 Å². The van der Waals surface area contributed by atoms with Crippen molar-refractivity contribution >= 4 is 23.0 Å². The molecule has 1 fully saturated rings. The zero-order chi connectivity index (χ0) is 13.3. The number of hydrogen-bond donors (Lipinski definition) is 1. The van der Waals surface area contributed by atoms with Gasteiger partial charge in [0.2, 0.25) is 0 Å². The lowest BCUT2D eigenvalue weighted by Gasteiger charge is -2.19. The lowest BCUT2D eigenvalue weighted by molar-refractivity contribution is -0.384. The van der Waals surface area contributed by atoms with E-state index in [0.717, 1.165) is 23.6 Å². The number of rotatable bonds is 5. The second-order valence-corrected chi connectivity index (χ2v) is 5.28. The minimum absolute atomic E-state index is 0.0285. The third-order valence-corrected chi connectivity index (χ3v) is 3.77. The maximum absolute atomic E-state index is 10.8. The van der Waals surface area contributed by atoms with Crippen LogP contribution in [0.1, 0.15) is 31.7 Å². The number of nitro groups is 1. The molecule has 1 aliphatic rings. The molecule has 1 aliphatic carbocycles. The van der Waals surface area contributed by atoms with Gasteiger partial charge in [-0.15, -0.1) is 0 Å². The molecule has 1 aromatic carbocycles. The molecule has 0 aromatic heterocycles. The Balaban J connectivity index is 2.22. The van der Waals surface area contributed by atoms with Gasteiger partial charge in [-0.05, 0) is 43.7 Å². The van der Waals surface area contributed by atoms with Crippen molar-refractivity contribution in [1.29, 1.82) is 0 Å². The molecule has 18 heavy (non-hydrogen) atoms. The zero-order valence-corrected chi connectivity index (χ0v) is 11.3. The van der Waals surface area contributed by atoms with Crippen LogP contribution in [-0.2, 0) is 0 Å². The summed E-state index contributed by atoms with van der Waals surface area (Å²) < 4.78 is 0. The first-order valence-electron chi connectivity index (χ1n) is 6.24. The molecule has 1 N–H and O–H groups in total. The van der Waals surface area contributed by atoms with Gasteiger partial charge >= 0.3 is 0 Å². The molecule has 0 aliphatic heterocycles. The molecule has 0 spiro atoms. The summed E-state index contributed by atoms with van der Waals surface area (Å²) in [5, 5.41) is 14.4. The third kappa shape index (κ3) is 2.75. The van der Waals surface area contributed by atoms with Crippen LogP contribution in [0.4, 0.5) is 11.4 Å². The van der Waals surface area contributed by atoms with Crippen molar-refractivity contribution in [1.82, 2.24) is 0 Å². The second kappa shape index (κ2) is 5.14. The van der Waals surface area contributed by atoms with Crippen LogP contribution < -0.4 is 5.32 Å². The lowest BCUT2D eigenvalue weighted by Crippen LogP contribution is -2.21. The molecule has 98 valence electrons. The van der Waals surface area contributed by atoms with Gasteiger partial charge in [-0.1, -0.05) is 18.5 Å². The summed E-state index contributed by atoms with van der Waals surface area (Å²) in [7, 11) is 0. The molecule has 1 saturated carbocycles. The quantitative estimate of drug-likeness (QED) is 0.644. The monoisotopic (exact) mass is 268 g/mol. The van der Waals surface area contributed by atoms with Gasteiger partial charge in [0.1, 0.15) is 5.02 Å². The first-order valence-corrected chi connectivity index (χ1v) is 6.61. The van der Waals surface area contributed by atoms with E-state index in [9.17, 15) is 10.1 Å². The topological polar surface area (TPSA) is 55.2 Å². The Morgan fingerprint density at radius 3 is 2.72 bits per heavy atom. The molecule has 1 unspecified atom stereocenters. The number of benzene rings is 1. The average Bonchev–Trinajstić information content (AvgIpc) is 3.13. The summed E-state index contributed by atoms with van der Waals surface area (Å²) in [6.45, 7) is 4.02.